The topological polar surface area (TPSA) is 63.2 Å². The number of hydrogen-bond acceptors (Lipinski definition) is 4. The number of rotatable bonds is 7. The van der Waals surface area contributed by atoms with Crippen molar-refractivity contribution < 1.29 is 9.53 Å². The lowest BCUT2D eigenvalue weighted by atomic mass is 10.1. The monoisotopic (exact) mass is 313 g/mol. The van der Waals surface area contributed by atoms with E-state index in [9.17, 15) is 4.79 Å². The first kappa shape index (κ1) is 16.8. The molecular formula is C18H23N3O2. The number of nitrogens with one attached hydrogen (secondary N) is 2. The van der Waals surface area contributed by atoms with E-state index >= 15 is 0 Å². The maximum Gasteiger partial charge on any atom is 0.228 e. The zero-order valence-electron chi connectivity index (χ0n) is 13.8. The molecule has 0 aliphatic rings. The first-order valence-corrected chi connectivity index (χ1v) is 7.81. The minimum atomic E-state index is -0.0690. The van der Waals surface area contributed by atoms with E-state index in [1.165, 1.54) is 0 Å². The molecule has 2 N–H and O–H groups in total. The zero-order chi connectivity index (χ0) is 16.7. The number of aromatic nitrogens is 1. The Hall–Kier alpha value is -2.56. The minimum Gasteiger partial charge on any atom is -0.494 e. The molecule has 2 rings (SSSR count). The maximum atomic E-state index is 12.1. The number of hydrogen-bond donors (Lipinski definition) is 2. The molecule has 23 heavy (non-hydrogen) atoms. The number of pyridine rings is 1. The molecule has 0 spiro atoms. The lowest BCUT2D eigenvalue weighted by molar-refractivity contribution is -0.115. The summed E-state index contributed by atoms with van der Waals surface area (Å²) in [5.74, 6) is 1.54. The Morgan fingerprint density at radius 1 is 1.17 bits per heavy atom. The first-order chi connectivity index (χ1) is 11.1. The number of ether oxygens (including phenoxy) is 1. The Bertz CT molecular complexity index is 622. The van der Waals surface area contributed by atoms with Crippen molar-refractivity contribution in [1.82, 2.24) is 4.98 Å². The molecule has 1 heterocycles. The molecule has 5 heteroatoms. The van der Waals surface area contributed by atoms with Crippen molar-refractivity contribution in [2.45, 2.75) is 33.2 Å². The van der Waals surface area contributed by atoms with Crippen molar-refractivity contribution in [1.29, 1.82) is 0 Å². The predicted molar refractivity (Wildman–Crippen MR) is 92.9 cm³/mol. The molecule has 0 atom stereocenters. The zero-order valence-corrected chi connectivity index (χ0v) is 13.8. The van der Waals surface area contributed by atoms with Crippen LogP contribution in [0, 0.1) is 0 Å². The highest BCUT2D eigenvalue weighted by atomic mass is 16.5. The smallest absolute Gasteiger partial charge is 0.228 e. The molecule has 1 amide bonds. The first-order valence-electron chi connectivity index (χ1n) is 7.81. The summed E-state index contributed by atoms with van der Waals surface area (Å²) in [6.07, 6.45) is 1.97. The van der Waals surface area contributed by atoms with Gasteiger partial charge in [-0.1, -0.05) is 12.1 Å². The van der Waals surface area contributed by atoms with Gasteiger partial charge < -0.3 is 15.4 Å². The van der Waals surface area contributed by atoms with Crippen LogP contribution in [0.3, 0.4) is 0 Å². The number of benzene rings is 1. The lowest BCUT2D eigenvalue weighted by Crippen LogP contribution is -2.15. The van der Waals surface area contributed by atoms with Crippen LogP contribution in [0.25, 0.3) is 0 Å². The largest absolute Gasteiger partial charge is 0.494 e. The number of carbonyl (C=O) groups excluding carboxylic acids is 1. The summed E-state index contributed by atoms with van der Waals surface area (Å²) in [6.45, 7) is 6.67. The summed E-state index contributed by atoms with van der Waals surface area (Å²) in [5.41, 5.74) is 1.63. The fourth-order valence-electron chi connectivity index (χ4n) is 2.11. The van der Waals surface area contributed by atoms with Gasteiger partial charge in [-0.05, 0) is 50.6 Å². The molecule has 0 bridgehead atoms. The highest BCUT2D eigenvalue weighted by Crippen LogP contribution is 2.14. The number of nitrogens with zero attached hydrogens (tertiary/aromatic N) is 1. The summed E-state index contributed by atoms with van der Waals surface area (Å²) >= 11 is 0. The molecule has 122 valence electrons. The fraction of sp³-hybridized carbons (Fsp3) is 0.333. The molecule has 0 saturated heterocycles. The normalized spacial score (nSPS) is 10.4. The molecule has 0 unspecified atom stereocenters. The Balaban J connectivity index is 1.88. The molecule has 5 nitrogen and oxygen atoms in total. The number of anilines is 2. The van der Waals surface area contributed by atoms with Crippen molar-refractivity contribution in [2.24, 2.45) is 0 Å². The average molecular weight is 313 g/mol. The van der Waals surface area contributed by atoms with Gasteiger partial charge >= 0.3 is 0 Å². The van der Waals surface area contributed by atoms with Gasteiger partial charge in [-0.3, -0.25) is 4.79 Å². The lowest BCUT2D eigenvalue weighted by Gasteiger charge is -2.10. The summed E-state index contributed by atoms with van der Waals surface area (Å²) < 4.78 is 5.39. The van der Waals surface area contributed by atoms with Crippen LogP contribution in [0.2, 0.25) is 0 Å². The molecule has 1 aromatic carbocycles. The summed E-state index contributed by atoms with van der Waals surface area (Å²) in [5, 5.41) is 6.06. The van der Waals surface area contributed by atoms with E-state index in [0.29, 0.717) is 24.8 Å². The van der Waals surface area contributed by atoms with Gasteiger partial charge in [0.1, 0.15) is 11.6 Å². The van der Waals surface area contributed by atoms with Crippen LogP contribution >= 0.6 is 0 Å². The van der Waals surface area contributed by atoms with Crippen LogP contribution in [0.4, 0.5) is 11.5 Å². The molecule has 0 saturated carbocycles. The van der Waals surface area contributed by atoms with Gasteiger partial charge in [-0.25, -0.2) is 4.98 Å². The van der Waals surface area contributed by atoms with Crippen molar-refractivity contribution in [3.8, 4) is 5.75 Å². The second-order valence-electron chi connectivity index (χ2n) is 5.53. The van der Waals surface area contributed by atoms with E-state index in [2.05, 4.69) is 15.6 Å². The van der Waals surface area contributed by atoms with E-state index in [1.54, 1.807) is 6.20 Å². The van der Waals surface area contributed by atoms with Gasteiger partial charge in [-0.2, -0.15) is 0 Å². The highest BCUT2D eigenvalue weighted by molar-refractivity contribution is 5.92. The SMILES string of the molecule is CCOc1ccc(CC(=O)Nc2ccc(NC(C)C)nc2)cc1. The van der Waals surface area contributed by atoms with Gasteiger partial charge in [0.05, 0.1) is 24.9 Å². The molecule has 0 radical (unpaired) electrons. The Morgan fingerprint density at radius 2 is 1.91 bits per heavy atom. The molecule has 0 aliphatic heterocycles. The minimum absolute atomic E-state index is 0.0690. The quantitative estimate of drug-likeness (QED) is 0.821. The van der Waals surface area contributed by atoms with Crippen LogP contribution in [0.1, 0.15) is 26.3 Å². The molecular weight excluding hydrogens is 290 g/mol. The van der Waals surface area contributed by atoms with Crippen molar-refractivity contribution in [3.05, 3.63) is 48.2 Å². The molecule has 0 fully saturated rings. The van der Waals surface area contributed by atoms with E-state index in [1.807, 2.05) is 57.2 Å². The van der Waals surface area contributed by atoms with Gasteiger partial charge in [0, 0.05) is 6.04 Å². The van der Waals surface area contributed by atoms with Crippen molar-refractivity contribution in [2.75, 3.05) is 17.2 Å². The van der Waals surface area contributed by atoms with Crippen LogP contribution in [0.15, 0.2) is 42.6 Å². The van der Waals surface area contributed by atoms with Crippen molar-refractivity contribution >= 4 is 17.4 Å². The Kier molecular flexibility index (Phi) is 5.97. The maximum absolute atomic E-state index is 12.1. The van der Waals surface area contributed by atoms with E-state index in [0.717, 1.165) is 17.1 Å². The Morgan fingerprint density at radius 3 is 2.48 bits per heavy atom. The third-order valence-electron chi connectivity index (χ3n) is 3.08. The molecule has 1 aromatic heterocycles. The summed E-state index contributed by atoms with van der Waals surface area (Å²) in [7, 11) is 0. The second-order valence-corrected chi connectivity index (χ2v) is 5.53. The van der Waals surface area contributed by atoms with E-state index in [-0.39, 0.29) is 5.91 Å². The highest BCUT2D eigenvalue weighted by Gasteiger charge is 2.05. The molecule has 2 aromatic rings. The number of amides is 1. The predicted octanol–water partition coefficient (Wildman–Crippen LogP) is 3.48. The summed E-state index contributed by atoms with van der Waals surface area (Å²) in [4.78, 5) is 16.3. The van der Waals surface area contributed by atoms with Crippen LogP contribution in [-0.2, 0) is 11.2 Å². The van der Waals surface area contributed by atoms with Crippen molar-refractivity contribution in [3.63, 3.8) is 0 Å². The van der Waals surface area contributed by atoms with Gasteiger partial charge in [0.15, 0.2) is 0 Å². The summed E-state index contributed by atoms with van der Waals surface area (Å²) in [6, 6.07) is 11.6. The Labute approximate surface area is 137 Å². The van der Waals surface area contributed by atoms with Gasteiger partial charge in [0.2, 0.25) is 5.91 Å². The van der Waals surface area contributed by atoms with Crippen LogP contribution < -0.4 is 15.4 Å². The fourth-order valence-corrected chi connectivity index (χ4v) is 2.11. The van der Waals surface area contributed by atoms with Crippen LogP contribution in [0.5, 0.6) is 5.75 Å². The van der Waals surface area contributed by atoms with Gasteiger partial charge in [0.25, 0.3) is 0 Å². The average Bonchev–Trinajstić information content (AvgIpc) is 2.51. The second kappa shape index (κ2) is 8.17. The third-order valence-corrected chi connectivity index (χ3v) is 3.08. The standard InChI is InChI=1S/C18H23N3O2/c1-4-23-16-8-5-14(6-9-16)11-18(22)21-15-7-10-17(19-12-15)20-13(2)3/h5-10,12-13H,4,11H2,1-3H3,(H,19,20)(H,21,22). The van der Waals surface area contributed by atoms with E-state index < -0.39 is 0 Å². The molecule has 0 aliphatic carbocycles. The number of carbonyl (C=O) groups is 1. The van der Waals surface area contributed by atoms with Crippen LogP contribution in [-0.4, -0.2) is 23.5 Å². The van der Waals surface area contributed by atoms with Gasteiger partial charge in [-0.15, -0.1) is 0 Å². The third kappa shape index (κ3) is 5.62. The van der Waals surface area contributed by atoms with E-state index in [4.69, 9.17) is 4.74 Å².